The number of halogens is 1. The van der Waals surface area contributed by atoms with Gasteiger partial charge in [0, 0.05) is 6.54 Å². The van der Waals surface area contributed by atoms with Crippen molar-refractivity contribution < 1.29 is 9.53 Å². The number of carbonyl (C=O) groups excluding carboxylic acids is 1. The molecule has 0 saturated heterocycles. The van der Waals surface area contributed by atoms with E-state index in [0.717, 1.165) is 5.69 Å². The predicted molar refractivity (Wildman–Crippen MR) is 65.6 cm³/mol. The van der Waals surface area contributed by atoms with Crippen LogP contribution in [0.15, 0.2) is 18.2 Å². The van der Waals surface area contributed by atoms with Gasteiger partial charge in [-0.25, -0.2) is 0 Å². The highest BCUT2D eigenvalue weighted by Crippen LogP contribution is 2.26. The number of para-hydroxylation sites is 1. The Morgan fingerprint density at radius 3 is 3.00 bits per heavy atom. The van der Waals surface area contributed by atoms with Gasteiger partial charge in [-0.15, -0.1) is 0 Å². The van der Waals surface area contributed by atoms with Crippen molar-refractivity contribution in [1.82, 2.24) is 0 Å². The Morgan fingerprint density at radius 2 is 2.31 bits per heavy atom. The molecule has 0 aliphatic rings. The lowest BCUT2D eigenvalue weighted by atomic mass is 10.2. The van der Waals surface area contributed by atoms with Crippen molar-refractivity contribution in [2.24, 2.45) is 0 Å². The third-order valence-corrected chi connectivity index (χ3v) is 2.33. The van der Waals surface area contributed by atoms with Gasteiger partial charge in [0.25, 0.3) is 0 Å². The van der Waals surface area contributed by atoms with Crippen LogP contribution in [0.4, 0.5) is 11.4 Å². The summed E-state index contributed by atoms with van der Waals surface area (Å²) < 4.78 is 4.80. The molecule has 0 heterocycles. The Kier molecular flexibility index (Phi) is 4.92. The molecule has 0 fully saturated rings. The van der Waals surface area contributed by atoms with Crippen LogP contribution in [0.3, 0.4) is 0 Å². The van der Waals surface area contributed by atoms with Crippen LogP contribution >= 0.6 is 11.6 Å². The molecular weight excluding hydrogens is 228 g/mol. The summed E-state index contributed by atoms with van der Waals surface area (Å²) in [5.74, 6) is -0.226. The van der Waals surface area contributed by atoms with Crippen molar-refractivity contribution in [1.29, 1.82) is 0 Å². The number of benzene rings is 1. The Labute approximate surface area is 99.7 Å². The number of hydrogen-bond acceptors (Lipinski definition) is 4. The van der Waals surface area contributed by atoms with Crippen molar-refractivity contribution in [2.75, 3.05) is 24.2 Å². The molecule has 4 nitrogen and oxygen atoms in total. The lowest BCUT2D eigenvalue weighted by molar-refractivity contribution is -0.142. The molecule has 3 N–H and O–H groups in total. The van der Waals surface area contributed by atoms with E-state index < -0.39 is 0 Å². The van der Waals surface area contributed by atoms with Crippen LogP contribution in [-0.2, 0) is 9.53 Å². The van der Waals surface area contributed by atoms with Gasteiger partial charge in [0.2, 0.25) is 0 Å². The molecule has 1 rings (SSSR count). The van der Waals surface area contributed by atoms with E-state index in [9.17, 15) is 4.79 Å². The highest BCUT2D eigenvalue weighted by Gasteiger charge is 2.04. The highest BCUT2D eigenvalue weighted by molar-refractivity contribution is 6.33. The zero-order valence-electron chi connectivity index (χ0n) is 9.13. The smallest absolute Gasteiger partial charge is 0.307 e. The average molecular weight is 243 g/mol. The predicted octanol–water partition coefficient (Wildman–Crippen LogP) is 2.29. The number of rotatable bonds is 5. The number of hydrogen-bond donors (Lipinski definition) is 2. The number of nitrogens with two attached hydrogens (primary N) is 1. The number of nitrogen functional groups attached to an aromatic ring is 1. The summed E-state index contributed by atoms with van der Waals surface area (Å²) >= 11 is 5.85. The summed E-state index contributed by atoms with van der Waals surface area (Å²) in [5.41, 5.74) is 6.97. The summed E-state index contributed by atoms with van der Waals surface area (Å²) in [7, 11) is 0. The van der Waals surface area contributed by atoms with E-state index in [-0.39, 0.29) is 5.97 Å². The van der Waals surface area contributed by atoms with Crippen molar-refractivity contribution in [3.8, 4) is 0 Å². The minimum Gasteiger partial charge on any atom is -0.466 e. The molecule has 0 unspecified atom stereocenters. The van der Waals surface area contributed by atoms with Gasteiger partial charge >= 0.3 is 5.97 Å². The molecule has 0 aliphatic carbocycles. The number of anilines is 2. The van der Waals surface area contributed by atoms with Crippen LogP contribution in [0.2, 0.25) is 5.02 Å². The van der Waals surface area contributed by atoms with Gasteiger partial charge in [-0.05, 0) is 19.1 Å². The zero-order valence-corrected chi connectivity index (χ0v) is 9.88. The molecule has 5 heteroatoms. The lowest BCUT2D eigenvalue weighted by Gasteiger charge is -2.09. The minimum atomic E-state index is -0.226. The number of nitrogens with one attached hydrogen (secondary N) is 1. The molecule has 0 spiro atoms. The van der Waals surface area contributed by atoms with Gasteiger partial charge < -0.3 is 15.8 Å². The van der Waals surface area contributed by atoms with Crippen LogP contribution < -0.4 is 11.1 Å². The van der Waals surface area contributed by atoms with Crippen LogP contribution in [0.1, 0.15) is 13.3 Å². The largest absolute Gasteiger partial charge is 0.466 e. The maximum Gasteiger partial charge on any atom is 0.307 e. The first-order chi connectivity index (χ1) is 7.65. The average Bonchev–Trinajstić information content (AvgIpc) is 2.25. The Balaban J connectivity index is 2.43. The summed E-state index contributed by atoms with van der Waals surface area (Å²) in [6, 6.07) is 5.32. The second kappa shape index (κ2) is 6.23. The van der Waals surface area contributed by atoms with Gasteiger partial charge in [0.1, 0.15) is 0 Å². The molecule has 16 heavy (non-hydrogen) atoms. The Bertz CT molecular complexity index is 369. The first-order valence-corrected chi connectivity index (χ1v) is 5.46. The first kappa shape index (κ1) is 12.6. The highest BCUT2D eigenvalue weighted by atomic mass is 35.5. The Hall–Kier alpha value is -1.42. The zero-order chi connectivity index (χ0) is 12.0. The van der Waals surface area contributed by atoms with E-state index in [1.165, 1.54) is 0 Å². The fourth-order valence-electron chi connectivity index (χ4n) is 1.22. The van der Waals surface area contributed by atoms with Crippen LogP contribution in [-0.4, -0.2) is 19.1 Å². The van der Waals surface area contributed by atoms with Crippen molar-refractivity contribution >= 4 is 28.9 Å². The third-order valence-electron chi connectivity index (χ3n) is 2.00. The molecule has 0 bridgehead atoms. The number of ether oxygens (including phenoxy) is 1. The Morgan fingerprint density at radius 1 is 1.56 bits per heavy atom. The van der Waals surface area contributed by atoms with Gasteiger partial charge in [-0.1, -0.05) is 17.7 Å². The summed E-state index contributed by atoms with van der Waals surface area (Å²) in [4.78, 5) is 11.1. The summed E-state index contributed by atoms with van der Waals surface area (Å²) in [6.45, 7) is 2.65. The van der Waals surface area contributed by atoms with E-state index in [2.05, 4.69) is 5.32 Å². The van der Waals surface area contributed by atoms with Crippen molar-refractivity contribution in [3.63, 3.8) is 0 Å². The van der Waals surface area contributed by atoms with Gasteiger partial charge in [0.15, 0.2) is 0 Å². The molecule has 0 radical (unpaired) electrons. The lowest BCUT2D eigenvalue weighted by Crippen LogP contribution is -2.12. The number of esters is 1. The first-order valence-electron chi connectivity index (χ1n) is 5.08. The van der Waals surface area contributed by atoms with Gasteiger partial charge in [-0.3, -0.25) is 4.79 Å². The van der Waals surface area contributed by atoms with Crippen LogP contribution in [0.25, 0.3) is 0 Å². The molecule has 0 atom stereocenters. The molecule has 0 aliphatic heterocycles. The molecular formula is C11H15ClN2O2. The minimum absolute atomic E-state index is 0.226. The molecule has 1 aromatic rings. The molecule has 0 aromatic heterocycles. The third kappa shape index (κ3) is 3.62. The standard InChI is InChI=1S/C11H15ClN2O2/c1-2-16-10(15)6-7-14-9-5-3-4-8(12)11(9)13/h3-5,14H,2,6-7,13H2,1H3. The van der Waals surface area contributed by atoms with Gasteiger partial charge in [-0.2, -0.15) is 0 Å². The fourth-order valence-corrected chi connectivity index (χ4v) is 1.40. The maximum absolute atomic E-state index is 11.1. The van der Waals surface area contributed by atoms with Gasteiger partial charge in [0.05, 0.1) is 29.4 Å². The summed E-state index contributed by atoms with van der Waals surface area (Å²) in [5, 5.41) is 3.53. The van der Waals surface area contributed by atoms with Crippen molar-refractivity contribution in [2.45, 2.75) is 13.3 Å². The SMILES string of the molecule is CCOC(=O)CCNc1cccc(Cl)c1N. The normalized spacial score (nSPS) is 9.88. The number of carbonyl (C=O) groups is 1. The van der Waals surface area contributed by atoms with Crippen molar-refractivity contribution in [3.05, 3.63) is 23.2 Å². The molecule has 1 aromatic carbocycles. The molecule has 88 valence electrons. The topological polar surface area (TPSA) is 64.3 Å². The molecule has 0 amide bonds. The summed E-state index contributed by atoms with van der Waals surface area (Å²) in [6.07, 6.45) is 0.305. The molecule has 0 saturated carbocycles. The quantitative estimate of drug-likeness (QED) is 0.614. The van der Waals surface area contributed by atoms with Crippen LogP contribution in [0, 0.1) is 0 Å². The van der Waals surface area contributed by atoms with E-state index in [1.54, 1.807) is 19.1 Å². The van der Waals surface area contributed by atoms with E-state index in [4.69, 9.17) is 22.1 Å². The van der Waals surface area contributed by atoms with E-state index in [1.807, 2.05) is 6.07 Å². The monoisotopic (exact) mass is 242 g/mol. The second-order valence-corrected chi connectivity index (χ2v) is 3.59. The second-order valence-electron chi connectivity index (χ2n) is 3.18. The maximum atomic E-state index is 11.1. The van der Waals surface area contributed by atoms with Crippen LogP contribution in [0.5, 0.6) is 0 Å². The van der Waals surface area contributed by atoms with E-state index in [0.29, 0.717) is 30.3 Å². The fraction of sp³-hybridized carbons (Fsp3) is 0.364. The van der Waals surface area contributed by atoms with E-state index >= 15 is 0 Å².